The zero-order chi connectivity index (χ0) is 15.9. The van der Waals surface area contributed by atoms with Crippen LogP contribution in [0.15, 0.2) is 24.3 Å². The van der Waals surface area contributed by atoms with Gasteiger partial charge in [0.1, 0.15) is 17.1 Å². The number of rotatable bonds is 3. The maximum atomic E-state index is 11.4. The molecule has 0 aliphatic heterocycles. The van der Waals surface area contributed by atoms with E-state index < -0.39 is 5.60 Å². The molecule has 0 fully saturated rings. The number of carbonyl (C=O) groups is 2. The maximum Gasteiger partial charge on any atom is 0.308 e. The van der Waals surface area contributed by atoms with E-state index in [0.717, 1.165) is 24.0 Å². The van der Waals surface area contributed by atoms with Crippen molar-refractivity contribution >= 4 is 11.9 Å². The summed E-state index contributed by atoms with van der Waals surface area (Å²) in [7, 11) is 1.63. The summed E-state index contributed by atoms with van der Waals surface area (Å²) in [5.41, 5.74) is 1.04. The summed E-state index contributed by atoms with van der Waals surface area (Å²) in [6.45, 7) is 2.73. The van der Waals surface area contributed by atoms with E-state index in [1.807, 2.05) is 6.08 Å². The zero-order valence-electron chi connectivity index (χ0n) is 12.8. The van der Waals surface area contributed by atoms with Gasteiger partial charge < -0.3 is 14.2 Å². The van der Waals surface area contributed by atoms with Gasteiger partial charge in [0.05, 0.1) is 0 Å². The molecule has 0 unspecified atom stereocenters. The fraction of sp³-hybridized carbons (Fsp3) is 0.412. The summed E-state index contributed by atoms with van der Waals surface area (Å²) in [5, 5.41) is 0. The summed E-state index contributed by atoms with van der Waals surface area (Å²) < 4.78 is 16.5. The van der Waals surface area contributed by atoms with Crippen LogP contribution in [0.2, 0.25) is 0 Å². The van der Waals surface area contributed by atoms with Gasteiger partial charge in [0.2, 0.25) is 0 Å². The van der Waals surface area contributed by atoms with Crippen LogP contribution in [0.25, 0.3) is 0 Å². The van der Waals surface area contributed by atoms with E-state index in [2.05, 4.69) is 6.08 Å². The van der Waals surface area contributed by atoms with Crippen molar-refractivity contribution in [2.75, 3.05) is 7.11 Å². The van der Waals surface area contributed by atoms with Crippen LogP contribution in [0.1, 0.15) is 43.7 Å². The Bertz CT molecular complexity index is 676. The second-order valence-corrected chi connectivity index (χ2v) is 5.64. The predicted molar refractivity (Wildman–Crippen MR) is 78.9 cm³/mol. The largest absolute Gasteiger partial charge is 0.426 e. The highest BCUT2D eigenvalue weighted by Crippen LogP contribution is 2.55. The third-order valence-electron chi connectivity index (χ3n) is 4.26. The van der Waals surface area contributed by atoms with Crippen molar-refractivity contribution in [3.05, 3.63) is 35.4 Å². The molecule has 2 bridgehead atoms. The molecule has 22 heavy (non-hydrogen) atoms. The van der Waals surface area contributed by atoms with Gasteiger partial charge in [0, 0.05) is 38.0 Å². The standard InChI is InChI=1S/C17H18O5/c1-10(18)21-13-4-5-14(22-11(2)19)16-15(13)12-6-8-17(16,20-3)9-7-12/h4-6,8,12H,7,9H2,1-3H3/t12-,17+/m0/s1. The fourth-order valence-corrected chi connectivity index (χ4v) is 3.41. The lowest BCUT2D eigenvalue weighted by molar-refractivity contribution is -0.133. The van der Waals surface area contributed by atoms with E-state index in [-0.39, 0.29) is 17.9 Å². The summed E-state index contributed by atoms with van der Waals surface area (Å²) in [6.07, 6.45) is 5.78. The van der Waals surface area contributed by atoms with Crippen molar-refractivity contribution in [2.45, 2.75) is 38.2 Å². The second-order valence-electron chi connectivity index (χ2n) is 5.64. The highest BCUT2D eigenvalue weighted by Gasteiger charge is 2.45. The molecule has 1 aromatic carbocycles. The van der Waals surface area contributed by atoms with Gasteiger partial charge in [0.15, 0.2) is 0 Å². The molecule has 0 aromatic heterocycles. The Hall–Kier alpha value is -2.14. The van der Waals surface area contributed by atoms with E-state index >= 15 is 0 Å². The molecule has 5 heteroatoms. The smallest absolute Gasteiger partial charge is 0.308 e. The minimum atomic E-state index is -0.634. The van der Waals surface area contributed by atoms with Crippen molar-refractivity contribution in [3.63, 3.8) is 0 Å². The first kappa shape index (κ1) is 14.8. The molecular formula is C17H18O5. The second kappa shape index (κ2) is 5.25. The van der Waals surface area contributed by atoms with Crippen LogP contribution in [0.3, 0.4) is 0 Å². The van der Waals surface area contributed by atoms with Gasteiger partial charge in [-0.2, -0.15) is 0 Å². The molecule has 0 spiro atoms. The molecule has 4 rings (SSSR count). The molecule has 0 radical (unpaired) electrons. The highest BCUT2D eigenvalue weighted by molar-refractivity contribution is 5.74. The van der Waals surface area contributed by atoms with E-state index in [0.29, 0.717) is 11.5 Å². The number of benzene rings is 1. The number of methoxy groups -OCH3 is 1. The van der Waals surface area contributed by atoms with Crippen LogP contribution < -0.4 is 9.47 Å². The van der Waals surface area contributed by atoms with Crippen molar-refractivity contribution in [2.24, 2.45) is 0 Å². The predicted octanol–water partition coefficient (Wildman–Crippen LogP) is 2.83. The Labute approximate surface area is 128 Å². The van der Waals surface area contributed by atoms with Crippen molar-refractivity contribution in [1.29, 1.82) is 0 Å². The lowest BCUT2D eigenvalue weighted by Gasteiger charge is -2.43. The van der Waals surface area contributed by atoms with Gasteiger partial charge in [0.25, 0.3) is 0 Å². The van der Waals surface area contributed by atoms with Gasteiger partial charge in [-0.25, -0.2) is 0 Å². The minimum Gasteiger partial charge on any atom is -0.426 e. The first-order chi connectivity index (χ1) is 10.5. The molecule has 2 atom stereocenters. The Kier molecular flexibility index (Phi) is 3.53. The van der Waals surface area contributed by atoms with Crippen LogP contribution in [0.4, 0.5) is 0 Å². The van der Waals surface area contributed by atoms with Gasteiger partial charge in [-0.3, -0.25) is 9.59 Å². The number of ether oxygens (including phenoxy) is 3. The molecule has 0 saturated carbocycles. The van der Waals surface area contributed by atoms with Crippen molar-refractivity contribution < 1.29 is 23.8 Å². The van der Waals surface area contributed by atoms with E-state index in [9.17, 15) is 9.59 Å². The number of fused-ring (bicyclic) bond motifs is 1. The molecule has 0 N–H and O–H groups in total. The number of carbonyl (C=O) groups excluding carboxylic acids is 2. The van der Waals surface area contributed by atoms with Crippen molar-refractivity contribution in [3.8, 4) is 11.5 Å². The van der Waals surface area contributed by atoms with Crippen LogP contribution in [-0.2, 0) is 19.9 Å². The molecule has 3 aliphatic rings. The van der Waals surface area contributed by atoms with Crippen LogP contribution in [0.5, 0.6) is 11.5 Å². The topological polar surface area (TPSA) is 61.8 Å². The SMILES string of the molecule is CO[C@]12C=C[C@@H](CC1)c1c(OC(C)=O)ccc(OC(C)=O)c12. The molecule has 116 valence electrons. The van der Waals surface area contributed by atoms with Gasteiger partial charge in [-0.1, -0.05) is 12.2 Å². The van der Waals surface area contributed by atoms with E-state index in [1.54, 1.807) is 19.2 Å². The Morgan fingerprint density at radius 1 is 1.14 bits per heavy atom. The van der Waals surface area contributed by atoms with Gasteiger partial charge >= 0.3 is 11.9 Å². The number of esters is 2. The third kappa shape index (κ3) is 2.22. The van der Waals surface area contributed by atoms with Crippen LogP contribution >= 0.6 is 0 Å². The molecule has 5 nitrogen and oxygen atoms in total. The average molecular weight is 302 g/mol. The Balaban J connectivity index is 2.22. The summed E-state index contributed by atoms with van der Waals surface area (Å²) in [6, 6.07) is 3.34. The molecule has 3 aliphatic carbocycles. The summed E-state index contributed by atoms with van der Waals surface area (Å²) in [4.78, 5) is 22.8. The third-order valence-corrected chi connectivity index (χ3v) is 4.26. The minimum absolute atomic E-state index is 0.136. The molecule has 1 aromatic rings. The monoisotopic (exact) mass is 302 g/mol. The average Bonchev–Trinajstić information content (AvgIpc) is 2.49. The van der Waals surface area contributed by atoms with Gasteiger partial charge in [-0.05, 0) is 25.0 Å². The summed E-state index contributed by atoms with van der Waals surface area (Å²) in [5.74, 6) is 0.346. The maximum absolute atomic E-state index is 11.4. The molecule has 0 amide bonds. The molecular weight excluding hydrogens is 284 g/mol. The lowest BCUT2D eigenvalue weighted by atomic mass is 9.68. The normalized spacial score (nSPS) is 24.8. The molecule has 0 saturated heterocycles. The number of allylic oxidation sites excluding steroid dienone is 1. The fourth-order valence-electron chi connectivity index (χ4n) is 3.41. The van der Waals surface area contributed by atoms with E-state index in [4.69, 9.17) is 14.2 Å². The highest BCUT2D eigenvalue weighted by atomic mass is 16.5. The zero-order valence-corrected chi connectivity index (χ0v) is 12.8. The quantitative estimate of drug-likeness (QED) is 0.488. The number of hydrogen-bond donors (Lipinski definition) is 0. The van der Waals surface area contributed by atoms with Crippen molar-refractivity contribution in [1.82, 2.24) is 0 Å². The Morgan fingerprint density at radius 2 is 1.77 bits per heavy atom. The first-order valence-corrected chi connectivity index (χ1v) is 7.25. The van der Waals surface area contributed by atoms with Crippen LogP contribution in [0, 0.1) is 0 Å². The Morgan fingerprint density at radius 3 is 2.32 bits per heavy atom. The van der Waals surface area contributed by atoms with Gasteiger partial charge in [-0.15, -0.1) is 0 Å². The van der Waals surface area contributed by atoms with Crippen LogP contribution in [-0.4, -0.2) is 19.0 Å². The summed E-state index contributed by atoms with van der Waals surface area (Å²) >= 11 is 0. The molecule has 0 heterocycles. The van der Waals surface area contributed by atoms with E-state index in [1.165, 1.54) is 13.8 Å². The number of hydrogen-bond acceptors (Lipinski definition) is 5. The lowest BCUT2D eigenvalue weighted by Crippen LogP contribution is -2.36. The first-order valence-electron chi connectivity index (χ1n) is 7.25.